The van der Waals surface area contributed by atoms with Crippen molar-refractivity contribution in [3.63, 3.8) is 0 Å². The first-order valence-corrected chi connectivity index (χ1v) is 6.98. The van der Waals surface area contributed by atoms with Gasteiger partial charge in [0.2, 0.25) is 0 Å². The number of hydrogen-bond donors (Lipinski definition) is 0. The van der Waals surface area contributed by atoms with Crippen molar-refractivity contribution in [1.82, 2.24) is 0 Å². The Labute approximate surface area is 120 Å². The summed E-state index contributed by atoms with van der Waals surface area (Å²) in [6, 6.07) is 7.14. The average Bonchev–Trinajstić information content (AvgIpc) is 2.38. The molecule has 0 aliphatic heterocycles. The highest BCUT2D eigenvalue weighted by atomic mass is 16.5. The topological polar surface area (TPSA) is 52.6 Å². The van der Waals surface area contributed by atoms with Gasteiger partial charge in [-0.25, -0.2) is 0 Å². The van der Waals surface area contributed by atoms with E-state index in [1.807, 2.05) is 19.9 Å². The second kappa shape index (κ2) is 8.35. The first-order valence-electron chi connectivity index (χ1n) is 6.98. The van der Waals surface area contributed by atoms with Crippen LogP contribution in [0.1, 0.15) is 50.4 Å². The summed E-state index contributed by atoms with van der Waals surface area (Å²) in [6.07, 6.45) is 1.20. The van der Waals surface area contributed by atoms with Gasteiger partial charge >= 0.3 is 5.97 Å². The third kappa shape index (κ3) is 5.87. The molecule has 0 fully saturated rings. The van der Waals surface area contributed by atoms with Crippen molar-refractivity contribution in [3.05, 3.63) is 29.8 Å². The first-order chi connectivity index (χ1) is 9.52. The van der Waals surface area contributed by atoms with Crippen LogP contribution in [-0.4, -0.2) is 24.5 Å². The van der Waals surface area contributed by atoms with Crippen LogP contribution in [-0.2, 0) is 9.53 Å². The van der Waals surface area contributed by atoms with Gasteiger partial charge in [0.25, 0.3) is 0 Å². The van der Waals surface area contributed by atoms with E-state index in [4.69, 9.17) is 9.47 Å². The Kier molecular flexibility index (Phi) is 6.77. The maximum Gasteiger partial charge on any atom is 0.305 e. The van der Waals surface area contributed by atoms with E-state index in [0.29, 0.717) is 30.8 Å². The Morgan fingerprint density at radius 2 is 1.95 bits per heavy atom. The minimum atomic E-state index is -0.253. The molecule has 4 nitrogen and oxygen atoms in total. The van der Waals surface area contributed by atoms with Crippen LogP contribution in [0.2, 0.25) is 0 Å². The molecule has 0 unspecified atom stereocenters. The monoisotopic (exact) mass is 278 g/mol. The number of ketones is 1. The van der Waals surface area contributed by atoms with Crippen molar-refractivity contribution in [2.24, 2.45) is 0 Å². The molecule has 0 radical (unpaired) electrons. The van der Waals surface area contributed by atoms with Gasteiger partial charge in [0.15, 0.2) is 5.78 Å². The summed E-state index contributed by atoms with van der Waals surface area (Å²) in [5.41, 5.74) is 0.618. The molecule has 0 spiro atoms. The van der Waals surface area contributed by atoms with E-state index in [1.54, 1.807) is 25.1 Å². The Morgan fingerprint density at radius 3 is 2.60 bits per heavy atom. The molecule has 1 aromatic rings. The summed E-state index contributed by atoms with van der Waals surface area (Å²) in [6.45, 7) is 6.02. The molecule has 1 aromatic carbocycles. The minimum Gasteiger partial charge on any atom is -0.491 e. The van der Waals surface area contributed by atoms with E-state index in [9.17, 15) is 9.59 Å². The van der Waals surface area contributed by atoms with Gasteiger partial charge in [-0.05, 0) is 39.3 Å². The summed E-state index contributed by atoms with van der Waals surface area (Å²) in [5.74, 6) is 0.455. The van der Waals surface area contributed by atoms with E-state index in [1.165, 1.54) is 0 Å². The number of hydrogen-bond acceptors (Lipinski definition) is 4. The number of carbonyl (C=O) groups is 2. The van der Waals surface area contributed by atoms with Gasteiger partial charge in [-0.3, -0.25) is 9.59 Å². The van der Waals surface area contributed by atoms with Crippen LogP contribution in [0.3, 0.4) is 0 Å². The number of benzene rings is 1. The summed E-state index contributed by atoms with van der Waals surface area (Å²) >= 11 is 0. The highest BCUT2D eigenvalue weighted by Gasteiger charge is 2.09. The SMILES string of the molecule is CCOC(=O)CCCC(=O)c1cccc(OC(C)C)c1. The summed E-state index contributed by atoms with van der Waals surface area (Å²) < 4.78 is 10.4. The lowest BCUT2D eigenvalue weighted by Gasteiger charge is -2.10. The molecule has 110 valence electrons. The summed E-state index contributed by atoms with van der Waals surface area (Å²) in [7, 11) is 0. The van der Waals surface area contributed by atoms with Gasteiger partial charge in [0.05, 0.1) is 12.7 Å². The molecule has 20 heavy (non-hydrogen) atoms. The Hall–Kier alpha value is -1.84. The van der Waals surface area contributed by atoms with Crippen LogP contribution in [0.15, 0.2) is 24.3 Å². The molecule has 0 saturated carbocycles. The van der Waals surface area contributed by atoms with E-state index < -0.39 is 0 Å². The Morgan fingerprint density at radius 1 is 1.20 bits per heavy atom. The second-order valence-electron chi connectivity index (χ2n) is 4.78. The highest BCUT2D eigenvalue weighted by molar-refractivity contribution is 5.96. The van der Waals surface area contributed by atoms with Crippen molar-refractivity contribution < 1.29 is 19.1 Å². The van der Waals surface area contributed by atoms with E-state index in [2.05, 4.69) is 0 Å². The summed E-state index contributed by atoms with van der Waals surface area (Å²) in [4.78, 5) is 23.2. The van der Waals surface area contributed by atoms with Crippen molar-refractivity contribution in [1.29, 1.82) is 0 Å². The maximum absolute atomic E-state index is 12.0. The van der Waals surface area contributed by atoms with Crippen molar-refractivity contribution in [2.75, 3.05) is 6.61 Å². The number of carbonyl (C=O) groups excluding carboxylic acids is 2. The van der Waals surface area contributed by atoms with E-state index in [-0.39, 0.29) is 24.3 Å². The van der Waals surface area contributed by atoms with Gasteiger partial charge in [0.1, 0.15) is 5.75 Å². The van der Waals surface area contributed by atoms with Gasteiger partial charge in [-0.2, -0.15) is 0 Å². The van der Waals surface area contributed by atoms with Gasteiger partial charge in [-0.1, -0.05) is 12.1 Å². The predicted octanol–water partition coefficient (Wildman–Crippen LogP) is 3.39. The molecule has 0 aliphatic carbocycles. The maximum atomic E-state index is 12.0. The van der Waals surface area contributed by atoms with E-state index >= 15 is 0 Å². The van der Waals surface area contributed by atoms with Crippen LogP contribution in [0.5, 0.6) is 5.75 Å². The third-order valence-electron chi connectivity index (χ3n) is 2.62. The lowest BCUT2D eigenvalue weighted by atomic mass is 10.1. The zero-order valence-corrected chi connectivity index (χ0v) is 12.3. The number of ether oxygens (including phenoxy) is 2. The number of esters is 1. The van der Waals surface area contributed by atoms with Crippen LogP contribution >= 0.6 is 0 Å². The molecule has 0 aromatic heterocycles. The molecule has 0 N–H and O–H groups in total. The van der Waals surface area contributed by atoms with Crippen molar-refractivity contribution >= 4 is 11.8 Å². The molecular weight excluding hydrogens is 256 g/mol. The largest absolute Gasteiger partial charge is 0.491 e. The summed E-state index contributed by atoms with van der Waals surface area (Å²) in [5, 5.41) is 0. The fourth-order valence-electron chi connectivity index (χ4n) is 1.79. The van der Waals surface area contributed by atoms with E-state index in [0.717, 1.165) is 0 Å². The fourth-order valence-corrected chi connectivity index (χ4v) is 1.79. The van der Waals surface area contributed by atoms with Gasteiger partial charge < -0.3 is 9.47 Å². The molecular formula is C16H22O4. The molecule has 0 bridgehead atoms. The fraction of sp³-hybridized carbons (Fsp3) is 0.500. The lowest BCUT2D eigenvalue weighted by Crippen LogP contribution is -2.07. The average molecular weight is 278 g/mol. The smallest absolute Gasteiger partial charge is 0.305 e. The van der Waals surface area contributed by atoms with Gasteiger partial charge in [-0.15, -0.1) is 0 Å². The minimum absolute atomic E-state index is 0.0171. The van der Waals surface area contributed by atoms with Gasteiger partial charge in [0, 0.05) is 18.4 Å². The van der Waals surface area contributed by atoms with Crippen LogP contribution in [0.4, 0.5) is 0 Å². The van der Waals surface area contributed by atoms with Crippen LogP contribution < -0.4 is 4.74 Å². The molecule has 0 aliphatic rings. The van der Waals surface area contributed by atoms with Crippen molar-refractivity contribution in [3.8, 4) is 5.75 Å². The molecule has 0 heterocycles. The molecule has 1 rings (SSSR count). The zero-order valence-electron chi connectivity index (χ0n) is 12.3. The zero-order chi connectivity index (χ0) is 15.0. The molecule has 4 heteroatoms. The standard InChI is InChI=1S/C16H22O4/c1-4-19-16(18)10-6-9-15(17)13-7-5-8-14(11-13)20-12(2)3/h5,7-8,11-12H,4,6,9-10H2,1-3H3. The number of rotatable bonds is 8. The molecule has 0 saturated heterocycles. The predicted molar refractivity (Wildman–Crippen MR) is 77.0 cm³/mol. The first kappa shape index (κ1) is 16.2. The Bertz CT molecular complexity index is 452. The quantitative estimate of drug-likeness (QED) is 0.540. The normalized spacial score (nSPS) is 10.4. The molecule has 0 amide bonds. The van der Waals surface area contributed by atoms with Crippen molar-refractivity contribution in [2.45, 2.75) is 46.1 Å². The second-order valence-corrected chi connectivity index (χ2v) is 4.78. The Balaban J connectivity index is 2.49. The van der Waals surface area contributed by atoms with Crippen LogP contribution in [0.25, 0.3) is 0 Å². The lowest BCUT2D eigenvalue weighted by molar-refractivity contribution is -0.143. The number of Topliss-reactive ketones (excluding diaryl/α,β-unsaturated/α-hetero) is 1. The third-order valence-corrected chi connectivity index (χ3v) is 2.62. The van der Waals surface area contributed by atoms with Crippen LogP contribution in [0, 0.1) is 0 Å². The highest BCUT2D eigenvalue weighted by Crippen LogP contribution is 2.17. The molecule has 0 atom stereocenters.